The van der Waals surface area contributed by atoms with Crippen molar-refractivity contribution in [3.63, 3.8) is 0 Å². The van der Waals surface area contributed by atoms with Crippen LogP contribution in [0.4, 0.5) is 5.69 Å². The van der Waals surface area contributed by atoms with E-state index in [1.165, 1.54) is 0 Å². The van der Waals surface area contributed by atoms with Gasteiger partial charge in [-0.1, -0.05) is 55.5 Å². The zero-order chi connectivity index (χ0) is 22.8. The Morgan fingerprint density at radius 2 is 1.62 bits per heavy atom. The first-order valence-corrected chi connectivity index (χ1v) is 10.6. The first-order chi connectivity index (χ1) is 15.6. The molecule has 2 N–H and O–H groups in total. The molecular formula is C26H28N2O4. The van der Waals surface area contributed by atoms with E-state index in [9.17, 15) is 9.59 Å². The van der Waals surface area contributed by atoms with E-state index in [4.69, 9.17) is 9.47 Å². The van der Waals surface area contributed by atoms with Crippen molar-refractivity contribution >= 4 is 17.5 Å². The number of carbonyl (C=O) groups excluding carboxylic acids is 2. The predicted octanol–water partition coefficient (Wildman–Crippen LogP) is 4.46. The van der Waals surface area contributed by atoms with Crippen molar-refractivity contribution in [1.29, 1.82) is 0 Å². The lowest BCUT2D eigenvalue weighted by Gasteiger charge is -2.19. The molecule has 0 bridgehead atoms. The maximum Gasteiger partial charge on any atom is 0.265 e. The van der Waals surface area contributed by atoms with E-state index in [1.54, 1.807) is 55.6 Å². The van der Waals surface area contributed by atoms with Crippen LogP contribution >= 0.6 is 0 Å². The van der Waals surface area contributed by atoms with Crippen molar-refractivity contribution in [2.24, 2.45) is 0 Å². The minimum absolute atomic E-state index is 0.237. The van der Waals surface area contributed by atoms with Gasteiger partial charge in [0, 0.05) is 12.6 Å². The normalized spacial score (nSPS) is 11.3. The number of anilines is 1. The Labute approximate surface area is 188 Å². The van der Waals surface area contributed by atoms with E-state index in [2.05, 4.69) is 10.6 Å². The maximum absolute atomic E-state index is 12.9. The molecule has 0 aliphatic carbocycles. The van der Waals surface area contributed by atoms with E-state index < -0.39 is 6.10 Å². The molecule has 0 aliphatic heterocycles. The maximum atomic E-state index is 12.9. The van der Waals surface area contributed by atoms with Crippen LogP contribution in [0.25, 0.3) is 0 Å². The Kier molecular flexibility index (Phi) is 8.26. The molecule has 2 amide bonds. The van der Waals surface area contributed by atoms with Gasteiger partial charge in [0.1, 0.15) is 11.5 Å². The molecule has 0 radical (unpaired) electrons. The van der Waals surface area contributed by atoms with Gasteiger partial charge in [0.05, 0.1) is 18.4 Å². The molecule has 0 spiro atoms. The smallest absolute Gasteiger partial charge is 0.265 e. The number of hydrogen-bond acceptors (Lipinski definition) is 4. The number of benzene rings is 3. The largest absolute Gasteiger partial charge is 0.497 e. The number of methoxy groups -OCH3 is 1. The van der Waals surface area contributed by atoms with Gasteiger partial charge >= 0.3 is 0 Å². The van der Waals surface area contributed by atoms with Gasteiger partial charge in [-0.25, -0.2) is 0 Å². The summed E-state index contributed by atoms with van der Waals surface area (Å²) in [5.41, 5.74) is 2.00. The molecule has 0 aromatic heterocycles. The third kappa shape index (κ3) is 6.35. The Bertz CT molecular complexity index is 1040. The monoisotopic (exact) mass is 432 g/mol. The molecule has 0 fully saturated rings. The quantitative estimate of drug-likeness (QED) is 0.496. The lowest BCUT2D eigenvalue weighted by molar-refractivity contribution is -0.122. The summed E-state index contributed by atoms with van der Waals surface area (Å²) in [5, 5.41) is 5.76. The third-order valence-electron chi connectivity index (χ3n) is 4.95. The molecule has 0 saturated carbocycles. The fourth-order valence-electron chi connectivity index (χ4n) is 3.22. The fourth-order valence-corrected chi connectivity index (χ4v) is 3.22. The highest BCUT2D eigenvalue weighted by atomic mass is 16.5. The van der Waals surface area contributed by atoms with Crippen molar-refractivity contribution in [2.75, 3.05) is 19.0 Å². The number of rotatable bonds is 10. The van der Waals surface area contributed by atoms with E-state index in [0.29, 0.717) is 35.7 Å². The van der Waals surface area contributed by atoms with Crippen molar-refractivity contribution in [3.05, 3.63) is 90.0 Å². The minimum atomic E-state index is -0.712. The molecule has 0 heterocycles. The summed E-state index contributed by atoms with van der Waals surface area (Å²) in [6.07, 6.45) is 0.485. The molecule has 32 heavy (non-hydrogen) atoms. The Hall–Kier alpha value is -3.80. The Morgan fingerprint density at radius 1 is 0.906 bits per heavy atom. The summed E-state index contributed by atoms with van der Waals surface area (Å²) >= 11 is 0. The van der Waals surface area contributed by atoms with Gasteiger partial charge in [0.15, 0.2) is 6.10 Å². The number of carbonyl (C=O) groups is 2. The second-order valence-corrected chi connectivity index (χ2v) is 7.22. The van der Waals surface area contributed by atoms with Gasteiger partial charge in [-0.05, 0) is 42.7 Å². The fraction of sp³-hybridized carbons (Fsp3) is 0.231. The SMILES string of the molecule is CCC(Oc1cccc(OC)c1)C(=O)Nc1ccccc1C(=O)NCCc1ccccc1. The van der Waals surface area contributed by atoms with E-state index in [-0.39, 0.29) is 11.8 Å². The molecule has 166 valence electrons. The standard InChI is InChI=1S/C26H28N2O4/c1-3-24(32-21-13-9-12-20(18-21)31-2)26(30)28-23-15-8-7-14-22(23)25(29)27-17-16-19-10-5-4-6-11-19/h4-15,18,24H,3,16-17H2,1-2H3,(H,27,29)(H,28,30). The first kappa shape index (κ1) is 22.9. The van der Waals surface area contributed by atoms with Gasteiger partial charge in [-0.3, -0.25) is 9.59 Å². The van der Waals surface area contributed by atoms with Gasteiger partial charge < -0.3 is 20.1 Å². The van der Waals surface area contributed by atoms with E-state index in [0.717, 1.165) is 12.0 Å². The zero-order valence-corrected chi connectivity index (χ0v) is 18.3. The minimum Gasteiger partial charge on any atom is -0.497 e. The van der Waals surface area contributed by atoms with Crippen LogP contribution in [0.15, 0.2) is 78.9 Å². The van der Waals surface area contributed by atoms with Crippen molar-refractivity contribution in [2.45, 2.75) is 25.9 Å². The molecule has 0 saturated heterocycles. The highest BCUT2D eigenvalue weighted by Gasteiger charge is 2.21. The lowest BCUT2D eigenvalue weighted by atomic mass is 10.1. The number of nitrogens with one attached hydrogen (secondary N) is 2. The van der Waals surface area contributed by atoms with Crippen molar-refractivity contribution in [3.8, 4) is 11.5 Å². The van der Waals surface area contributed by atoms with Crippen molar-refractivity contribution < 1.29 is 19.1 Å². The molecule has 6 heteroatoms. The summed E-state index contributed by atoms with van der Waals surface area (Å²) in [7, 11) is 1.57. The van der Waals surface area contributed by atoms with E-state index in [1.807, 2.05) is 37.3 Å². The van der Waals surface area contributed by atoms with Crippen LogP contribution in [0.5, 0.6) is 11.5 Å². The third-order valence-corrected chi connectivity index (χ3v) is 4.95. The predicted molar refractivity (Wildman–Crippen MR) is 125 cm³/mol. The summed E-state index contributed by atoms with van der Waals surface area (Å²) in [6, 6.07) is 24.0. The van der Waals surface area contributed by atoms with Crippen LogP contribution in [-0.4, -0.2) is 31.6 Å². The number of ether oxygens (including phenoxy) is 2. The molecule has 1 atom stereocenters. The molecule has 3 rings (SSSR count). The second-order valence-electron chi connectivity index (χ2n) is 7.22. The number of amides is 2. The van der Waals surface area contributed by atoms with Gasteiger partial charge in [-0.2, -0.15) is 0 Å². The second kappa shape index (κ2) is 11.6. The van der Waals surface area contributed by atoms with Crippen LogP contribution in [-0.2, 0) is 11.2 Å². The van der Waals surface area contributed by atoms with Crippen LogP contribution in [0.2, 0.25) is 0 Å². The average molecular weight is 433 g/mol. The van der Waals surface area contributed by atoms with Crippen LogP contribution < -0.4 is 20.1 Å². The molecular weight excluding hydrogens is 404 g/mol. The highest BCUT2D eigenvalue weighted by Crippen LogP contribution is 2.22. The summed E-state index contributed by atoms with van der Waals surface area (Å²) in [6.45, 7) is 2.37. The molecule has 6 nitrogen and oxygen atoms in total. The van der Waals surface area contributed by atoms with Crippen LogP contribution in [0, 0.1) is 0 Å². The van der Waals surface area contributed by atoms with Crippen molar-refractivity contribution in [1.82, 2.24) is 5.32 Å². The summed E-state index contributed by atoms with van der Waals surface area (Å²) < 4.78 is 11.1. The number of para-hydroxylation sites is 1. The molecule has 1 unspecified atom stereocenters. The first-order valence-electron chi connectivity index (χ1n) is 10.6. The van der Waals surface area contributed by atoms with Crippen LogP contribution in [0.1, 0.15) is 29.3 Å². The topological polar surface area (TPSA) is 76.7 Å². The van der Waals surface area contributed by atoms with Gasteiger partial charge in [0.2, 0.25) is 0 Å². The summed E-state index contributed by atoms with van der Waals surface area (Å²) in [4.78, 5) is 25.6. The molecule has 3 aromatic rings. The number of hydrogen-bond donors (Lipinski definition) is 2. The highest BCUT2D eigenvalue weighted by molar-refractivity contribution is 6.04. The average Bonchev–Trinajstić information content (AvgIpc) is 2.83. The molecule has 3 aromatic carbocycles. The van der Waals surface area contributed by atoms with E-state index >= 15 is 0 Å². The molecule has 0 aliphatic rings. The summed E-state index contributed by atoms with van der Waals surface area (Å²) in [5.74, 6) is 0.631. The Balaban J connectivity index is 1.63. The zero-order valence-electron chi connectivity index (χ0n) is 18.3. The van der Waals surface area contributed by atoms with Crippen LogP contribution in [0.3, 0.4) is 0 Å². The van der Waals surface area contributed by atoms with Gasteiger partial charge in [0.25, 0.3) is 11.8 Å². The Morgan fingerprint density at radius 3 is 2.38 bits per heavy atom. The lowest BCUT2D eigenvalue weighted by Crippen LogP contribution is -2.33. The van der Waals surface area contributed by atoms with Gasteiger partial charge in [-0.15, -0.1) is 0 Å².